The Hall–Kier alpha value is -2.35. The molecule has 1 aliphatic heterocycles. The van der Waals surface area contributed by atoms with Crippen molar-refractivity contribution >= 4 is 57.9 Å². The van der Waals surface area contributed by atoms with Gasteiger partial charge in [0.25, 0.3) is 5.91 Å². The lowest BCUT2D eigenvalue weighted by Gasteiger charge is -2.23. The van der Waals surface area contributed by atoms with Crippen molar-refractivity contribution in [3.63, 3.8) is 0 Å². The lowest BCUT2D eigenvalue weighted by molar-refractivity contribution is -0.145. The van der Waals surface area contributed by atoms with Gasteiger partial charge < -0.3 is 10.2 Å². The number of halogens is 1. The minimum Gasteiger partial charge on any atom is -0.508 e. The Morgan fingerprint density at radius 2 is 1.89 bits per heavy atom. The van der Waals surface area contributed by atoms with Crippen molar-refractivity contribution in [3.8, 4) is 5.75 Å². The van der Waals surface area contributed by atoms with E-state index in [2.05, 4.69) is 0 Å². The predicted molar refractivity (Wildman–Crippen MR) is 110 cm³/mol. The molecule has 8 heteroatoms. The standard InChI is InChI=1S/C19H14ClNO4S2/c20-14-4-2-1-3-12(14)10-16-17(23)21(19(26)27-16)15(18(24)25)9-11-5-7-13(22)8-6-11/h1-8,10,15,22H,9H2,(H,24,25)/b16-10-. The number of hydrogen-bond acceptors (Lipinski definition) is 5. The summed E-state index contributed by atoms with van der Waals surface area (Å²) in [6.07, 6.45) is 1.68. The summed E-state index contributed by atoms with van der Waals surface area (Å²) in [6.45, 7) is 0. The molecule has 5 nitrogen and oxygen atoms in total. The third-order valence-corrected chi connectivity index (χ3v) is 5.65. The van der Waals surface area contributed by atoms with Crippen LogP contribution in [-0.4, -0.2) is 37.4 Å². The number of nitrogens with zero attached hydrogens (tertiary/aromatic N) is 1. The van der Waals surface area contributed by atoms with Crippen molar-refractivity contribution in [2.24, 2.45) is 0 Å². The van der Waals surface area contributed by atoms with E-state index in [0.717, 1.165) is 16.7 Å². The van der Waals surface area contributed by atoms with Gasteiger partial charge in [-0.15, -0.1) is 0 Å². The highest BCUT2D eigenvalue weighted by Crippen LogP contribution is 2.35. The molecule has 0 spiro atoms. The number of thiocarbonyl (C=S) groups is 1. The number of carbonyl (C=O) groups is 2. The van der Waals surface area contributed by atoms with Crippen molar-refractivity contribution in [3.05, 3.63) is 69.6 Å². The lowest BCUT2D eigenvalue weighted by Crippen LogP contribution is -2.45. The Morgan fingerprint density at radius 3 is 2.52 bits per heavy atom. The lowest BCUT2D eigenvalue weighted by atomic mass is 10.0. The summed E-state index contributed by atoms with van der Waals surface area (Å²) in [5.74, 6) is -1.53. The first-order valence-electron chi connectivity index (χ1n) is 7.89. The topological polar surface area (TPSA) is 77.8 Å². The van der Waals surface area contributed by atoms with Gasteiger partial charge in [-0.25, -0.2) is 4.79 Å². The summed E-state index contributed by atoms with van der Waals surface area (Å²) < 4.78 is 0.185. The number of aliphatic carboxylic acids is 1. The highest BCUT2D eigenvalue weighted by atomic mass is 35.5. The summed E-state index contributed by atoms with van der Waals surface area (Å²) in [7, 11) is 0. The van der Waals surface area contributed by atoms with E-state index in [9.17, 15) is 19.8 Å². The van der Waals surface area contributed by atoms with Crippen LogP contribution in [0, 0.1) is 0 Å². The van der Waals surface area contributed by atoms with E-state index in [0.29, 0.717) is 21.1 Å². The van der Waals surface area contributed by atoms with Crippen LogP contribution < -0.4 is 0 Å². The molecule has 138 valence electrons. The highest BCUT2D eigenvalue weighted by molar-refractivity contribution is 8.26. The number of carbonyl (C=O) groups excluding carboxylic acids is 1. The zero-order valence-corrected chi connectivity index (χ0v) is 16.2. The van der Waals surface area contributed by atoms with Crippen LogP contribution in [0.3, 0.4) is 0 Å². The number of carboxylic acids is 1. The van der Waals surface area contributed by atoms with Crippen LogP contribution in [0.5, 0.6) is 5.75 Å². The maximum atomic E-state index is 12.8. The molecule has 0 aromatic heterocycles. The predicted octanol–water partition coefficient (Wildman–Crippen LogP) is 3.94. The number of phenols is 1. The van der Waals surface area contributed by atoms with Crippen LogP contribution in [-0.2, 0) is 16.0 Å². The molecule has 1 heterocycles. The third-order valence-electron chi connectivity index (χ3n) is 3.98. The number of amides is 1. The van der Waals surface area contributed by atoms with E-state index in [4.69, 9.17) is 23.8 Å². The van der Waals surface area contributed by atoms with Gasteiger partial charge in [0.05, 0.1) is 4.91 Å². The second-order valence-corrected chi connectivity index (χ2v) is 7.88. The van der Waals surface area contributed by atoms with Crippen molar-refractivity contribution in [2.75, 3.05) is 0 Å². The first-order valence-corrected chi connectivity index (χ1v) is 9.49. The van der Waals surface area contributed by atoms with Gasteiger partial charge in [-0.1, -0.05) is 65.9 Å². The van der Waals surface area contributed by atoms with Crippen molar-refractivity contribution < 1.29 is 19.8 Å². The van der Waals surface area contributed by atoms with Crippen LogP contribution in [0.1, 0.15) is 11.1 Å². The van der Waals surface area contributed by atoms with E-state index in [1.807, 2.05) is 0 Å². The fourth-order valence-electron chi connectivity index (χ4n) is 2.63. The highest BCUT2D eigenvalue weighted by Gasteiger charge is 2.40. The van der Waals surface area contributed by atoms with Gasteiger partial charge in [0.15, 0.2) is 0 Å². The first kappa shape index (κ1) is 19.4. The van der Waals surface area contributed by atoms with E-state index < -0.39 is 17.9 Å². The zero-order chi connectivity index (χ0) is 19.6. The summed E-state index contributed by atoms with van der Waals surface area (Å²) >= 11 is 12.4. The van der Waals surface area contributed by atoms with Crippen molar-refractivity contribution in [1.82, 2.24) is 4.90 Å². The van der Waals surface area contributed by atoms with Crippen molar-refractivity contribution in [2.45, 2.75) is 12.5 Å². The molecule has 27 heavy (non-hydrogen) atoms. The van der Waals surface area contributed by atoms with E-state index in [1.165, 1.54) is 12.1 Å². The minimum absolute atomic E-state index is 0.0709. The quantitative estimate of drug-likeness (QED) is 0.564. The summed E-state index contributed by atoms with van der Waals surface area (Å²) in [6, 6.07) is 12.1. The van der Waals surface area contributed by atoms with Gasteiger partial charge in [0, 0.05) is 11.4 Å². The summed E-state index contributed by atoms with van der Waals surface area (Å²) in [5.41, 5.74) is 1.33. The van der Waals surface area contributed by atoms with Gasteiger partial charge in [-0.05, 0) is 35.4 Å². The average molecular weight is 420 g/mol. The van der Waals surface area contributed by atoms with Gasteiger partial charge in [-0.3, -0.25) is 9.69 Å². The van der Waals surface area contributed by atoms with Gasteiger partial charge in [0.2, 0.25) is 0 Å². The third kappa shape index (κ3) is 4.32. The molecule has 1 atom stereocenters. The maximum absolute atomic E-state index is 12.8. The molecule has 0 bridgehead atoms. The van der Waals surface area contributed by atoms with Crippen LogP contribution in [0.15, 0.2) is 53.4 Å². The summed E-state index contributed by atoms with van der Waals surface area (Å²) in [4.78, 5) is 26.1. The fraction of sp³-hybridized carbons (Fsp3) is 0.105. The largest absolute Gasteiger partial charge is 0.508 e. The molecule has 2 aromatic rings. The molecule has 2 N–H and O–H groups in total. The molecule has 0 radical (unpaired) electrons. The molecule has 2 aromatic carbocycles. The molecule has 1 amide bonds. The van der Waals surface area contributed by atoms with Crippen LogP contribution in [0.25, 0.3) is 6.08 Å². The number of rotatable bonds is 5. The SMILES string of the molecule is O=C(O)C(Cc1ccc(O)cc1)N1C(=O)/C(=C/c2ccccc2Cl)SC1=S. The molecular formula is C19H14ClNO4S2. The molecule has 1 aliphatic rings. The first-order chi connectivity index (χ1) is 12.9. The maximum Gasteiger partial charge on any atom is 0.327 e. The molecule has 1 unspecified atom stereocenters. The number of benzene rings is 2. The Morgan fingerprint density at radius 1 is 1.22 bits per heavy atom. The second-order valence-electron chi connectivity index (χ2n) is 5.80. The Bertz CT molecular complexity index is 943. The van der Waals surface area contributed by atoms with E-state index in [-0.39, 0.29) is 16.5 Å². The van der Waals surface area contributed by atoms with E-state index >= 15 is 0 Å². The second kappa shape index (κ2) is 8.12. The van der Waals surface area contributed by atoms with Gasteiger partial charge in [0.1, 0.15) is 16.1 Å². The number of hydrogen-bond donors (Lipinski definition) is 2. The molecular weight excluding hydrogens is 406 g/mol. The molecule has 0 aliphatic carbocycles. The smallest absolute Gasteiger partial charge is 0.327 e. The molecule has 0 saturated carbocycles. The monoisotopic (exact) mass is 419 g/mol. The molecule has 3 rings (SSSR count). The molecule has 1 fully saturated rings. The minimum atomic E-state index is -1.15. The Labute approximate surface area is 170 Å². The average Bonchev–Trinajstić information content (AvgIpc) is 2.90. The fourth-order valence-corrected chi connectivity index (χ4v) is 4.16. The molecule has 1 saturated heterocycles. The van der Waals surface area contributed by atoms with Crippen LogP contribution in [0.2, 0.25) is 5.02 Å². The number of aromatic hydroxyl groups is 1. The van der Waals surface area contributed by atoms with Crippen LogP contribution in [0.4, 0.5) is 0 Å². The van der Waals surface area contributed by atoms with E-state index in [1.54, 1.807) is 42.5 Å². The number of thioether (sulfide) groups is 1. The number of carboxylic acid groups (broad SMARTS) is 1. The van der Waals surface area contributed by atoms with Crippen molar-refractivity contribution in [1.29, 1.82) is 0 Å². The Balaban J connectivity index is 1.88. The Kier molecular flexibility index (Phi) is 5.84. The van der Waals surface area contributed by atoms with Crippen LogP contribution >= 0.6 is 35.6 Å². The zero-order valence-electron chi connectivity index (χ0n) is 13.8. The summed E-state index contributed by atoms with van der Waals surface area (Å²) in [5, 5.41) is 19.5. The van der Waals surface area contributed by atoms with Gasteiger partial charge in [-0.2, -0.15) is 0 Å². The number of phenolic OH excluding ortho intramolecular Hbond substituents is 1. The van der Waals surface area contributed by atoms with Gasteiger partial charge >= 0.3 is 5.97 Å². The normalized spacial score (nSPS) is 16.8.